The number of carbonyl (C=O) groups excluding carboxylic acids is 1. The number of H-pyrrole nitrogens is 1. The second-order valence-electron chi connectivity index (χ2n) is 5.72. The summed E-state index contributed by atoms with van der Waals surface area (Å²) in [5, 5.41) is 12.7. The first kappa shape index (κ1) is 17.0. The van der Waals surface area contributed by atoms with Crippen molar-refractivity contribution in [3.05, 3.63) is 36.0 Å². The Morgan fingerprint density at radius 1 is 1.35 bits per heavy atom. The molecule has 0 saturated heterocycles. The summed E-state index contributed by atoms with van der Waals surface area (Å²) in [4.78, 5) is 25.9. The number of fused-ring (bicyclic) bond motifs is 1. The lowest BCUT2D eigenvalue weighted by molar-refractivity contribution is -0.137. The number of amides is 1. The van der Waals surface area contributed by atoms with Gasteiger partial charge in [-0.1, -0.05) is 25.1 Å². The normalized spacial score (nSPS) is 13.7. The van der Waals surface area contributed by atoms with Crippen molar-refractivity contribution in [2.45, 2.75) is 44.7 Å². The number of hydrogen-bond donors (Lipinski definition) is 4. The molecular weight excluding hydrogens is 294 g/mol. The largest absolute Gasteiger partial charge is 0.481 e. The van der Waals surface area contributed by atoms with E-state index in [2.05, 4.69) is 10.3 Å². The first-order valence-electron chi connectivity index (χ1n) is 7.84. The standard InChI is InChI=1S/C17H23N3O3/c1-2-12(20-17(23)14(18)7-8-16(21)22)9-11-10-19-15-6-4-3-5-13(11)15/h3-6,10,12,14,19H,2,7-9,18H2,1H3,(H,20,23)(H,21,22)/t12?,14-/m0/s1. The van der Waals surface area contributed by atoms with E-state index in [4.69, 9.17) is 10.8 Å². The van der Waals surface area contributed by atoms with E-state index in [9.17, 15) is 9.59 Å². The molecule has 1 aromatic heterocycles. The average Bonchev–Trinajstić information content (AvgIpc) is 2.94. The van der Waals surface area contributed by atoms with Crippen LogP contribution >= 0.6 is 0 Å². The Morgan fingerprint density at radius 2 is 2.09 bits per heavy atom. The predicted molar refractivity (Wildman–Crippen MR) is 89.1 cm³/mol. The Balaban J connectivity index is 1.97. The minimum absolute atomic E-state index is 0.0300. The molecule has 2 aromatic rings. The zero-order valence-electron chi connectivity index (χ0n) is 13.2. The Hall–Kier alpha value is -2.34. The number of nitrogens with one attached hydrogen (secondary N) is 2. The second-order valence-corrected chi connectivity index (χ2v) is 5.72. The molecule has 5 N–H and O–H groups in total. The summed E-state index contributed by atoms with van der Waals surface area (Å²) in [5.41, 5.74) is 7.97. The van der Waals surface area contributed by atoms with E-state index in [1.807, 2.05) is 37.4 Å². The van der Waals surface area contributed by atoms with Crippen LogP contribution < -0.4 is 11.1 Å². The summed E-state index contributed by atoms with van der Waals surface area (Å²) in [7, 11) is 0. The van der Waals surface area contributed by atoms with E-state index in [0.29, 0.717) is 6.42 Å². The van der Waals surface area contributed by atoms with Gasteiger partial charge in [0.1, 0.15) is 0 Å². The molecule has 6 nitrogen and oxygen atoms in total. The lowest BCUT2D eigenvalue weighted by atomic mass is 10.0. The summed E-state index contributed by atoms with van der Waals surface area (Å²) >= 11 is 0. The third-order valence-electron chi connectivity index (χ3n) is 3.99. The monoisotopic (exact) mass is 317 g/mol. The molecule has 0 radical (unpaired) electrons. The first-order chi connectivity index (χ1) is 11.0. The smallest absolute Gasteiger partial charge is 0.303 e. The Kier molecular flexibility index (Phi) is 5.76. The van der Waals surface area contributed by atoms with E-state index in [-0.39, 0.29) is 24.8 Å². The minimum Gasteiger partial charge on any atom is -0.481 e. The van der Waals surface area contributed by atoms with Crippen LogP contribution in [0.2, 0.25) is 0 Å². The minimum atomic E-state index is -0.945. The topological polar surface area (TPSA) is 108 Å². The summed E-state index contributed by atoms with van der Waals surface area (Å²) < 4.78 is 0. The molecule has 0 aliphatic carbocycles. The van der Waals surface area contributed by atoms with E-state index >= 15 is 0 Å². The predicted octanol–water partition coefficient (Wildman–Crippen LogP) is 1.80. The van der Waals surface area contributed by atoms with Gasteiger partial charge < -0.3 is 21.1 Å². The lowest BCUT2D eigenvalue weighted by Gasteiger charge is -2.19. The summed E-state index contributed by atoms with van der Waals surface area (Å²) in [6.45, 7) is 2.00. The molecule has 124 valence electrons. The molecule has 0 aliphatic rings. The highest BCUT2D eigenvalue weighted by Crippen LogP contribution is 2.19. The van der Waals surface area contributed by atoms with Crippen LogP contribution in [0.5, 0.6) is 0 Å². The van der Waals surface area contributed by atoms with Gasteiger partial charge in [0.2, 0.25) is 5.91 Å². The van der Waals surface area contributed by atoms with Crippen LogP contribution in [-0.4, -0.2) is 34.1 Å². The molecule has 1 unspecified atom stereocenters. The van der Waals surface area contributed by atoms with Crippen LogP contribution in [0.3, 0.4) is 0 Å². The van der Waals surface area contributed by atoms with Crippen molar-refractivity contribution in [1.29, 1.82) is 0 Å². The van der Waals surface area contributed by atoms with E-state index in [0.717, 1.165) is 22.9 Å². The second kappa shape index (κ2) is 7.78. The number of aromatic nitrogens is 1. The van der Waals surface area contributed by atoms with E-state index in [1.54, 1.807) is 0 Å². The highest BCUT2D eigenvalue weighted by Gasteiger charge is 2.19. The zero-order valence-corrected chi connectivity index (χ0v) is 13.2. The molecule has 0 fully saturated rings. The van der Waals surface area contributed by atoms with Gasteiger partial charge in [0, 0.05) is 29.6 Å². The molecule has 6 heteroatoms. The molecule has 2 atom stereocenters. The molecule has 0 bridgehead atoms. The molecule has 2 rings (SSSR count). The fourth-order valence-electron chi connectivity index (χ4n) is 2.58. The SMILES string of the molecule is CCC(Cc1c[nH]c2ccccc12)NC(=O)[C@@H](N)CCC(=O)O. The third kappa shape index (κ3) is 4.56. The maximum absolute atomic E-state index is 12.1. The molecule has 0 aliphatic heterocycles. The fourth-order valence-corrected chi connectivity index (χ4v) is 2.58. The molecule has 1 amide bonds. The summed E-state index contributed by atoms with van der Waals surface area (Å²) in [6.07, 6.45) is 3.48. The number of nitrogens with two attached hydrogens (primary N) is 1. The molecule has 0 saturated carbocycles. The van der Waals surface area contributed by atoms with Gasteiger partial charge in [-0.25, -0.2) is 0 Å². The lowest BCUT2D eigenvalue weighted by Crippen LogP contribution is -2.46. The van der Waals surface area contributed by atoms with E-state index < -0.39 is 12.0 Å². The number of para-hydroxylation sites is 1. The molecule has 0 spiro atoms. The van der Waals surface area contributed by atoms with Crippen LogP contribution in [0.15, 0.2) is 30.5 Å². The van der Waals surface area contributed by atoms with Gasteiger partial charge in [-0.3, -0.25) is 9.59 Å². The van der Waals surface area contributed by atoms with Gasteiger partial charge in [-0.2, -0.15) is 0 Å². The van der Waals surface area contributed by atoms with Gasteiger partial charge >= 0.3 is 5.97 Å². The van der Waals surface area contributed by atoms with Gasteiger partial charge in [0.15, 0.2) is 0 Å². The van der Waals surface area contributed by atoms with Crippen LogP contribution in [0.1, 0.15) is 31.7 Å². The number of rotatable bonds is 8. The zero-order chi connectivity index (χ0) is 16.8. The summed E-state index contributed by atoms with van der Waals surface area (Å²) in [5.74, 6) is -1.24. The molecule has 1 aromatic carbocycles. The quantitative estimate of drug-likeness (QED) is 0.595. The van der Waals surface area contributed by atoms with Gasteiger partial charge in [-0.15, -0.1) is 0 Å². The number of aromatic amines is 1. The maximum atomic E-state index is 12.1. The average molecular weight is 317 g/mol. The van der Waals surface area contributed by atoms with Gasteiger partial charge in [0.25, 0.3) is 0 Å². The van der Waals surface area contributed by atoms with E-state index in [1.165, 1.54) is 0 Å². The first-order valence-corrected chi connectivity index (χ1v) is 7.84. The van der Waals surface area contributed by atoms with Crippen molar-refractivity contribution in [3.63, 3.8) is 0 Å². The maximum Gasteiger partial charge on any atom is 0.303 e. The van der Waals surface area contributed by atoms with Gasteiger partial charge in [0.05, 0.1) is 6.04 Å². The Labute approximate surface area is 135 Å². The summed E-state index contributed by atoms with van der Waals surface area (Å²) in [6, 6.07) is 7.21. The van der Waals surface area contributed by atoms with Crippen molar-refractivity contribution >= 4 is 22.8 Å². The number of carboxylic acid groups (broad SMARTS) is 1. The van der Waals surface area contributed by atoms with Gasteiger partial charge in [-0.05, 0) is 30.9 Å². The number of aliphatic carboxylic acids is 1. The van der Waals surface area contributed by atoms with Crippen molar-refractivity contribution in [2.24, 2.45) is 5.73 Å². The Bertz CT molecular complexity index is 681. The van der Waals surface area contributed by atoms with Crippen molar-refractivity contribution in [2.75, 3.05) is 0 Å². The molecular formula is C17H23N3O3. The number of carboxylic acids is 1. The van der Waals surface area contributed by atoms with Crippen molar-refractivity contribution in [1.82, 2.24) is 10.3 Å². The highest BCUT2D eigenvalue weighted by atomic mass is 16.4. The van der Waals surface area contributed by atoms with Crippen LogP contribution in [0.25, 0.3) is 10.9 Å². The fraction of sp³-hybridized carbons (Fsp3) is 0.412. The van der Waals surface area contributed by atoms with Crippen LogP contribution in [-0.2, 0) is 16.0 Å². The van der Waals surface area contributed by atoms with Crippen LogP contribution in [0.4, 0.5) is 0 Å². The number of benzene rings is 1. The molecule has 1 heterocycles. The van der Waals surface area contributed by atoms with Crippen molar-refractivity contribution in [3.8, 4) is 0 Å². The third-order valence-corrected chi connectivity index (χ3v) is 3.99. The van der Waals surface area contributed by atoms with Crippen LogP contribution in [0, 0.1) is 0 Å². The number of hydrogen-bond acceptors (Lipinski definition) is 3. The highest BCUT2D eigenvalue weighted by molar-refractivity contribution is 5.84. The number of carbonyl (C=O) groups is 2. The van der Waals surface area contributed by atoms with Crippen molar-refractivity contribution < 1.29 is 14.7 Å². The molecule has 23 heavy (non-hydrogen) atoms. The Morgan fingerprint density at radius 3 is 2.78 bits per heavy atom.